The van der Waals surface area contributed by atoms with E-state index in [9.17, 15) is 0 Å². The SMILES string of the molecule is Cl[C](Oc1ccccc1)c1ccccc1. The average molecular weight is 218 g/mol. The number of halogens is 1. The van der Waals surface area contributed by atoms with Crippen molar-refractivity contribution in [3.8, 4) is 5.75 Å². The van der Waals surface area contributed by atoms with Gasteiger partial charge >= 0.3 is 0 Å². The van der Waals surface area contributed by atoms with Gasteiger partial charge in [-0.2, -0.15) is 0 Å². The first-order valence-electron chi connectivity index (χ1n) is 4.67. The van der Waals surface area contributed by atoms with Gasteiger partial charge in [0.15, 0.2) is 0 Å². The van der Waals surface area contributed by atoms with Crippen LogP contribution in [0.1, 0.15) is 5.56 Å². The Morgan fingerprint density at radius 3 is 1.93 bits per heavy atom. The van der Waals surface area contributed by atoms with Crippen molar-refractivity contribution in [3.05, 3.63) is 71.8 Å². The third-order valence-corrected chi connectivity index (χ3v) is 2.25. The lowest BCUT2D eigenvalue weighted by Gasteiger charge is -2.10. The topological polar surface area (TPSA) is 9.23 Å². The van der Waals surface area contributed by atoms with Gasteiger partial charge in [0.05, 0.1) is 0 Å². The number of hydrogen-bond acceptors (Lipinski definition) is 1. The van der Waals surface area contributed by atoms with E-state index in [1.54, 1.807) is 0 Å². The fourth-order valence-electron chi connectivity index (χ4n) is 1.22. The van der Waals surface area contributed by atoms with Crippen molar-refractivity contribution in [2.24, 2.45) is 0 Å². The zero-order valence-corrected chi connectivity index (χ0v) is 8.82. The molecule has 0 unspecified atom stereocenters. The van der Waals surface area contributed by atoms with E-state index in [1.165, 1.54) is 0 Å². The van der Waals surface area contributed by atoms with E-state index in [-0.39, 0.29) is 0 Å². The number of rotatable bonds is 3. The van der Waals surface area contributed by atoms with E-state index in [0.717, 1.165) is 11.3 Å². The minimum Gasteiger partial charge on any atom is -0.462 e. The zero-order chi connectivity index (χ0) is 10.5. The Bertz CT molecular complexity index is 399. The van der Waals surface area contributed by atoms with E-state index in [2.05, 4.69) is 0 Å². The smallest absolute Gasteiger partial charge is 0.266 e. The van der Waals surface area contributed by atoms with Gasteiger partial charge in [-0.1, -0.05) is 60.1 Å². The molecule has 2 aromatic carbocycles. The van der Waals surface area contributed by atoms with Gasteiger partial charge in [-0.25, -0.2) is 0 Å². The Kier molecular flexibility index (Phi) is 3.25. The molecule has 0 heterocycles. The summed E-state index contributed by atoms with van der Waals surface area (Å²) in [6.45, 7) is 0. The molecule has 0 aromatic heterocycles. The Morgan fingerprint density at radius 2 is 1.33 bits per heavy atom. The molecule has 0 spiro atoms. The van der Waals surface area contributed by atoms with Gasteiger partial charge in [-0.15, -0.1) is 0 Å². The molecule has 0 atom stereocenters. The normalized spacial score (nSPS) is 10.3. The van der Waals surface area contributed by atoms with Gasteiger partial charge in [-0.3, -0.25) is 0 Å². The van der Waals surface area contributed by atoms with Crippen LogP contribution in [0.4, 0.5) is 0 Å². The molecule has 75 valence electrons. The Balaban J connectivity index is 2.08. The molecule has 0 saturated carbocycles. The van der Waals surface area contributed by atoms with Crippen LogP contribution in [-0.2, 0) is 0 Å². The molecule has 0 aliphatic rings. The molecule has 0 amide bonds. The lowest BCUT2D eigenvalue weighted by atomic mass is 10.2. The standard InChI is InChI=1S/C13H10ClO/c14-13(11-7-3-1-4-8-11)15-12-9-5-2-6-10-12/h1-10H. The number of ether oxygens (including phenoxy) is 1. The Hall–Kier alpha value is -1.47. The van der Waals surface area contributed by atoms with Gasteiger partial charge in [-0.05, 0) is 12.1 Å². The maximum absolute atomic E-state index is 6.04. The summed E-state index contributed by atoms with van der Waals surface area (Å²) in [6.07, 6.45) is 0. The monoisotopic (exact) mass is 217 g/mol. The first-order valence-corrected chi connectivity index (χ1v) is 5.05. The van der Waals surface area contributed by atoms with Crippen molar-refractivity contribution in [3.63, 3.8) is 0 Å². The van der Waals surface area contributed by atoms with Crippen LogP contribution in [0.5, 0.6) is 5.75 Å². The summed E-state index contributed by atoms with van der Waals surface area (Å²) in [5.74, 6) is 0.742. The molecule has 0 N–H and O–H groups in total. The third kappa shape index (κ3) is 2.74. The van der Waals surface area contributed by atoms with Crippen LogP contribution >= 0.6 is 11.6 Å². The molecule has 0 aliphatic heterocycles. The summed E-state index contributed by atoms with van der Waals surface area (Å²) >= 11 is 6.04. The second-order valence-electron chi connectivity index (χ2n) is 3.05. The van der Waals surface area contributed by atoms with E-state index in [1.807, 2.05) is 60.7 Å². The molecule has 0 aliphatic carbocycles. The maximum atomic E-state index is 6.04. The Morgan fingerprint density at radius 1 is 0.800 bits per heavy atom. The van der Waals surface area contributed by atoms with Gasteiger partial charge in [0.1, 0.15) is 5.75 Å². The van der Waals surface area contributed by atoms with Crippen LogP contribution in [0.25, 0.3) is 0 Å². The minimum absolute atomic E-state index is 0.391. The Labute approximate surface area is 94.3 Å². The van der Waals surface area contributed by atoms with Crippen LogP contribution in [0, 0.1) is 5.56 Å². The van der Waals surface area contributed by atoms with E-state index < -0.39 is 0 Å². The van der Waals surface area contributed by atoms with Crippen molar-refractivity contribution in [2.45, 2.75) is 0 Å². The summed E-state index contributed by atoms with van der Waals surface area (Å²) in [7, 11) is 0. The molecule has 1 nitrogen and oxygen atoms in total. The van der Waals surface area contributed by atoms with E-state index in [4.69, 9.17) is 16.3 Å². The molecule has 2 heteroatoms. The fourth-order valence-corrected chi connectivity index (χ4v) is 1.44. The predicted molar refractivity (Wildman–Crippen MR) is 61.7 cm³/mol. The number of benzene rings is 2. The summed E-state index contributed by atoms with van der Waals surface area (Å²) in [6, 6.07) is 19.1. The molecule has 2 rings (SSSR count). The van der Waals surface area contributed by atoms with Crippen LogP contribution in [0.15, 0.2) is 60.7 Å². The molecule has 15 heavy (non-hydrogen) atoms. The zero-order valence-electron chi connectivity index (χ0n) is 8.06. The summed E-state index contributed by atoms with van der Waals surface area (Å²) < 4.78 is 5.48. The number of para-hydroxylation sites is 1. The molecule has 0 fully saturated rings. The van der Waals surface area contributed by atoms with Crippen LogP contribution in [0.2, 0.25) is 0 Å². The highest BCUT2D eigenvalue weighted by Crippen LogP contribution is 2.23. The number of hydrogen-bond donors (Lipinski definition) is 0. The van der Waals surface area contributed by atoms with Crippen molar-refractivity contribution in [2.75, 3.05) is 0 Å². The van der Waals surface area contributed by atoms with Crippen molar-refractivity contribution in [1.29, 1.82) is 0 Å². The lowest BCUT2D eigenvalue weighted by molar-refractivity contribution is 0.404. The van der Waals surface area contributed by atoms with Gasteiger partial charge < -0.3 is 4.74 Å². The minimum atomic E-state index is 0.391. The molecule has 0 saturated heterocycles. The highest BCUT2D eigenvalue weighted by Gasteiger charge is 2.10. The quantitative estimate of drug-likeness (QED) is 0.759. The highest BCUT2D eigenvalue weighted by molar-refractivity contribution is 6.28. The molecule has 0 bridgehead atoms. The fraction of sp³-hybridized carbons (Fsp3) is 0. The van der Waals surface area contributed by atoms with Gasteiger partial charge in [0, 0.05) is 5.56 Å². The second kappa shape index (κ2) is 4.85. The van der Waals surface area contributed by atoms with E-state index >= 15 is 0 Å². The van der Waals surface area contributed by atoms with Crippen LogP contribution in [-0.4, -0.2) is 0 Å². The van der Waals surface area contributed by atoms with E-state index in [0.29, 0.717) is 5.56 Å². The molecular formula is C13H10ClO. The molecular weight excluding hydrogens is 208 g/mol. The van der Waals surface area contributed by atoms with Crippen molar-refractivity contribution < 1.29 is 4.74 Å². The van der Waals surface area contributed by atoms with Crippen molar-refractivity contribution in [1.82, 2.24) is 0 Å². The van der Waals surface area contributed by atoms with Gasteiger partial charge in [0.25, 0.3) is 5.56 Å². The summed E-state index contributed by atoms with van der Waals surface area (Å²) in [5, 5.41) is 0. The second-order valence-corrected chi connectivity index (χ2v) is 3.40. The van der Waals surface area contributed by atoms with Crippen LogP contribution < -0.4 is 4.74 Å². The van der Waals surface area contributed by atoms with Gasteiger partial charge in [0.2, 0.25) is 0 Å². The van der Waals surface area contributed by atoms with Crippen molar-refractivity contribution >= 4 is 11.6 Å². The third-order valence-electron chi connectivity index (χ3n) is 1.95. The largest absolute Gasteiger partial charge is 0.462 e. The molecule has 1 radical (unpaired) electrons. The average Bonchev–Trinajstić information content (AvgIpc) is 2.31. The summed E-state index contributed by atoms with van der Waals surface area (Å²) in [5.41, 5.74) is 1.27. The predicted octanol–water partition coefficient (Wildman–Crippen LogP) is 3.84. The first kappa shape index (κ1) is 10.1. The summed E-state index contributed by atoms with van der Waals surface area (Å²) in [4.78, 5) is 0. The first-order chi connectivity index (χ1) is 7.36. The lowest BCUT2D eigenvalue weighted by Crippen LogP contribution is -2.00. The highest BCUT2D eigenvalue weighted by atomic mass is 35.5. The molecule has 2 aromatic rings. The maximum Gasteiger partial charge on any atom is 0.266 e. The van der Waals surface area contributed by atoms with Crippen LogP contribution in [0.3, 0.4) is 0 Å².